The minimum atomic E-state index is -3.94. The lowest BCUT2D eigenvalue weighted by Gasteiger charge is -2.11. The van der Waals surface area contributed by atoms with E-state index in [9.17, 15) is 12.8 Å². The second kappa shape index (κ2) is 6.31. The molecule has 0 aliphatic rings. The Bertz CT molecular complexity index is 783. The molecule has 8 heteroatoms. The van der Waals surface area contributed by atoms with Gasteiger partial charge in [0.1, 0.15) is 10.7 Å². The first-order chi connectivity index (χ1) is 9.83. The fraction of sp³-hybridized carbons (Fsp3) is 0.0769. The number of benzene rings is 2. The van der Waals surface area contributed by atoms with E-state index in [1.165, 1.54) is 30.3 Å². The van der Waals surface area contributed by atoms with Crippen molar-refractivity contribution in [3.63, 3.8) is 0 Å². The van der Waals surface area contributed by atoms with Crippen LogP contribution in [0.2, 0.25) is 5.02 Å². The minimum absolute atomic E-state index is 0.0286. The number of aliphatic hydroxyl groups is 1. The summed E-state index contributed by atoms with van der Waals surface area (Å²) >= 11 is 8.87. The van der Waals surface area contributed by atoms with Gasteiger partial charge in [-0.25, -0.2) is 12.8 Å². The largest absolute Gasteiger partial charge is 0.392 e. The molecule has 4 nitrogen and oxygen atoms in total. The zero-order chi connectivity index (χ0) is 15.6. The van der Waals surface area contributed by atoms with Crippen LogP contribution in [0.4, 0.5) is 10.1 Å². The highest BCUT2D eigenvalue weighted by atomic mass is 79.9. The van der Waals surface area contributed by atoms with Crippen LogP contribution in [-0.4, -0.2) is 13.5 Å². The summed E-state index contributed by atoms with van der Waals surface area (Å²) in [6.07, 6.45) is 0. The number of sulfonamides is 1. The van der Waals surface area contributed by atoms with E-state index in [1.54, 1.807) is 0 Å². The summed E-state index contributed by atoms with van der Waals surface area (Å²) in [5.41, 5.74) is 0.605. The molecule has 112 valence electrons. The van der Waals surface area contributed by atoms with Crippen LogP contribution in [-0.2, 0) is 16.6 Å². The highest BCUT2D eigenvalue weighted by molar-refractivity contribution is 9.10. The van der Waals surface area contributed by atoms with Crippen molar-refractivity contribution in [2.75, 3.05) is 4.72 Å². The third-order valence-corrected chi connectivity index (χ3v) is 5.11. The molecule has 0 radical (unpaired) electrons. The Balaban J connectivity index is 2.40. The number of anilines is 1. The maximum absolute atomic E-state index is 13.1. The first kappa shape index (κ1) is 16.2. The number of nitrogens with one attached hydrogen (secondary N) is 1. The highest BCUT2D eigenvalue weighted by Gasteiger charge is 2.19. The molecular formula is C13H10BrClFNO3S. The molecule has 0 heterocycles. The lowest BCUT2D eigenvalue weighted by atomic mass is 10.2. The molecule has 0 atom stereocenters. The van der Waals surface area contributed by atoms with Gasteiger partial charge in [-0.3, -0.25) is 4.72 Å². The summed E-state index contributed by atoms with van der Waals surface area (Å²) in [5, 5.41) is 9.10. The van der Waals surface area contributed by atoms with E-state index in [2.05, 4.69) is 20.7 Å². The Morgan fingerprint density at radius 1 is 1.24 bits per heavy atom. The predicted molar refractivity (Wildman–Crippen MR) is 82.3 cm³/mol. The molecule has 0 saturated heterocycles. The molecule has 0 saturated carbocycles. The molecule has 2 rings (SSSR count). The average Bonchev–Trinajstić information content (AvgIpc) is 2.43. The van der Waals surface area contributed by atoms with Crippen molar-refractivity contribution in [1.29, 1.82) is 0 Å². The molecule has 0 fully saturated rings. The maximum Gasteiger partial charge on any atom is 0.263 e. The van der Waals surface area contributed by atoms with Crippen LogP contribution in [0.5, 0.6) is 0 Å². The molecule has 2 aromatic rings. The van der Waals surface area contributed by atoms with Crippen LogP contribution < -0.4 is 4.72 Å². The second-order valence-electron chi connectivity index (χ2n) is 4.16. The first-order valence-corrected chi connectivity index (χ1v) is 8.36. The zero-order valence-electron chi connectivity index (χ0n) is 10.5. The summed E-state index contributed by atoms with van der Waals surface area (Å²) in [5.74, 6) is -0.502. The quantitative estimate of drug-likeness (QED) is 0.833. The van der Waals surface area contributed by atoms with Gasteiger partial charge in [0.2, 0.25) is 0 Å². The standard InChI is InChI=1S/C13H10BrClFNO3S/c14-10-6-9(2-4-12(10)16)17-21(19,20)13-5-8(7-18)1-3-11(13)15/h1-6,17-18H,7H2. The van der Waals surface area contributed by atoms with Crippen molar-refractivity contribution < 1.29 is 17.9 Å². The normalized spacial score (nSPS) is 11.4. The maximum atomic E-state index is 13.1. The minimum Gasteiger partial charge on any atom is -0.392 e. The summed E-state index contributed by atoms with van der Waals surface area (Å²) in [7, 11) is -3.94. The Morgan fingerprint density at radius 3 is 2.57 bits per heavy atom. The van der Waals surface area contributed by atoms with Crippen molar-refractivity contribution in [3.8, 4) is 0 Å². The molecule has 21 heavy (non-hydrogen) atoms. The lowest BCUT2D eigenvalue weighted by molar-refractivity contribution is 0.281. The van der Waals surface area contributed by atoms with E-state index in [4.69, 9.17) is 16.7 Å². The van der Waals surface area contributed by atoms with Crippen molar-refractivity contribution in [2.24, 2.45) is 0 Å². The molecule has 0 amide bonds. The molecule has 2 aromatic carbocycles. The first-order valence-electron chi connectivity index (χ1n) is 5.70. The van der Waals surface area contributed by atoms with E-state index in [0.717, 1.165) is 6.07 Å². The highest BCUT2D eigenvalue weighted by Crippen LogP contribution is 2.27. The monoisotopic (exact) mass is 393 g/mol. The van der Waals surface area contributed by atoms with Gasteiger partial charge < -0.3 is 5.11 Å². The number of aliphatic hydroxyl groups excluding tert-OH is 1. The Morgan fingerprint density at radius 2 is 1.95 bits per heavy atom. The van der Waals surface area contributed by atoms with Gasteiger partial charge in [0.25, 0.3) is 10.0 Å². The van der Waals surface area contributed by atoms with E-state index in [-0.39, 0.29) is 26.7 Å². The second-order valence-corrected chi connectivity index (χ2v) is 7.07. The van der Waals surface area contributed by atoms with Gasteiger partial charge in [0.05, 0.1) is 21.8 Å². The van der Waals surface area contributed by atoms with Crippen LogP contribution in [0.3, 0.4) is 0 Å². The molecule has 0 bridgehead atoms. The number of hydrogen-bond donors (Lipinski definition) is 2. The molecule has 0 aliphatic heterocycles. The fourth-order valence-electron chi connectivity index (χ4n) is 1.62. The van der Waals surface area contributed by atoms with Gasteiger partial charge in [-0.05, 0) is 51.8 Å². The van der Waals surface area contributed by atoms with Crippen LogP contribution in [0.25, 0.3) is 0 Å². The van der Waals surface area contributed by atoms with E-state index >= 15 is 0 Å². The van der Waals surface area contributed by atoms with Gasteiger partial charge in [0.15, 0.2) is 0 Å². The molecule has 0 aliphatic carbocycles. The van der Waals surface area contributed by atoms with Gasteiger partial charge in [-0.1, -0.05) is 17.7 Å². The molecule has 0 spiro atoms. The summed E-state index contributed by atoms with van der Waals surface area (Å²) in [6.45, 7) is -0.304. The Labute approximate surface area is 134 Å². The molecule has 0 unspecified atom stereocenters. The third kappa shape index (κ3) is 3.74. The Hall–Kier alpha value is -1.15. The zero-order valence-corrected chi connectivity index (χ0v) is 13.6. The van der Waals surface area contributed by atoms with Gasteiger partial charge in [-0.2, -0.15) is 0 Å². The van der Waals surface area contributed by atoms with Gasteiger partial charge in [0, 0.05) is 0 Å². The van der Waals surface area contributed by atoms with Gasteiger partial charge >= 0.3 is 0 Å². The summed E-state index contributed by atoms with van der Waals surface area (Å²) in [6, 6.07) is 7.92. The predicted octanol–water partition coefficient (Wildman–Crippen LogP) is 3.53. The van der Waals surface area contributed by atoms with Crippen molar-refractivity contribution in [2.45, 2.75) is 11.5 Å². The van der Waals surface area contributed by atoms with Gasteiger partial charge in [-0.15, -0.1) is 0 Å². The molecule has 0 aromatic heterocycles. The van der Waals surface area contributed by atoms with Crippen LogP contribution in [0.1, 0.15) is 5.56 Å². The van der Waals surface area contributed by atoms with E-state index in [0.29, 0.717) is 5.56 Å². The fourth-order valence-corrected chi connectivity index (χ4v) is 3.60. The van der Waals surface area contributed by atoms with E-state index in [1.807, 2.05) is 0 Å². The number of rotatable bonds is 4. The number of halogens is 3. The molecular weight excluding hydrogens is 385 g/mol. The molecule has 2 N–H and O–H groups in total. The van der Waals surface area contributed by atoms with Crippen molar-refractivity contribution >= 4 is 43.2 Å². The van der Waals surface area contributed by atoms with Crippen LogP contribution in [0, 0.1) is 5.82 Å². The SMILES string of the molecule is O=S(=O)(Nc1ccc(F)c(Br)c1)c1cc(CO)ccc1Cl. The lowest BCUT2D eigenvalue weighted by Crippen LogP contribution is -2.14. The topological polar surface area (TPSA) is 66.4 Å². The summed E-state index contributed by atoms with van der Waals surface area (Å²) < 4.78 is 40.2. The van der Waals surface area contributed by atoms with Crippen LogP contribution >= 0.6 is 27.5 Å². The summed E-state index contributed by atoms with van der Waals surface area (Å²) in [4.78, 5) is -0.156. The van der Waals surface area contributed by atoms with Crippen LogP contribution in [0.15, 0.2) is 45.8 Å². The third-order valence-electron chi connectivity index (χ3n) is 2.64. The van der Waals surface area contributed by atoms with E-state index < -0.39 is 15.8 Å². The van der Waals surface area contributed by atoms with Crippen molar-refractivity contribution in [1.82, 2.24) is 0 Å². The Kier molecular flexibility index (Phi) is 4.88. The van der Waals surface area contributed by atoms with Crippen molar-refractivity contribution in [3.05, 3.63) is 57.3 Å². The smallest absolute Gasteiger partial charge is 0.263 e. The average molecular weight is 395 g/mol. The number of hydrogen-bond acceptors (Lipinski definition) is 3.